The van der Waals surface area contributed by atoms with Crippen molar-refractivity contribution >= 4 is 14.2 Å². The summed E-state index contributed by atoms with van der Waals surface area (Å²) in [4.78, 5) is 9.86. The van der Waals surface area contributed by atoms with E-state index in [1.54, 1.807) is 6.92 Å². The Morgan fingerprint density at radius 2 is 2.43 bits per heavy atom. The van der Waals surface area contributed by atoms with Crippen LogP contribution in [0.4, 0.5) is 4.79 Å². The van der Waals surface area contributed by atoms with Crippen molar-refractivity contribution in [3.05, 3.63) is 0 Å². The molecule has 0 aromatic rings. The maximum Gasteiger partial charge on any atom is 0.398 e. The maximum atomic E-state index is 9.86. The molecule has 3 nitrogen and oxygen atoms in total. The number of carbonyl (C=O) groups is 1. The Hall–Kier alpha value is -0.430. The summed E-state index contributed by atoms with van der Waals surface area (Å²) in [7, 11) is -0.567. The average Bonchev–Trinajstić information content (AvgIpc) is 1.68. The van der Waals surface area contributed by atoms with Crippen LogP contribution in [-0.2, 0) is 9.30 Å². The van der Waals surface area contributed by atoms with Crippen molar-refractivity contribution in [1.29, 1.82) is 0 Å². The first-order chi connectivity index (χ1) is 3.31. The zero-order chi connectivity index (χ0) is 5.70. The van der Waals surface area contributed by atoms with E-state index in [0.29, 0.717) is 0 Å². The van der Waals surface area contributed by atoms with Crippen molar-refractivity contribution in [3.8, 4) is 0 Å². The summed E-state index contributed by atoms with van der Waals surface area (Å²) in [5.41, 5.74) is -0.706. The van der Waals surface area contributed by atoms with E-state index in [1.165, 1.54) is 0 Å². The van der Waals surface area contributed by atoms with Crippen LogP contribution < -0.4 is 0 Å². The molecule has 0 aliphatic rings. The maximum absolute atomic E-state index is 9.86. The van der Waals surface area contributed by atoms with Gasteiger partial charge in [-0.25, -0.2) is 4.79 Å². The second kappa shape index (κ2) is 3.75. The summed E-state index contributed by atoms with van der Waals surface area (Å²) < 4.78 is 13.7. The van der Waals surface area contributed by atoms with Gasteiger partial charge in [-0.1, -0.05) is 0 Å². The van der Waals surface area contributed by atoms with Gasteiger partial charge < -0.3 is 4.74 Å². The minimum Gasteiger partial charge on any atom is -0.457 e. The van der Waals surface area contributed by atoms with Gasteiger partial charge in [-0.05, 0) is 6.92 Å². The third-order valence-electron chi connectivity index (χ3n) is 0.342. The highest BCUT2D eigenvalue weighted by atomic mass is 31.1. The smallest absolute Gasteiger partial charge is 0.398 e. The number of ether oxygens (including phenoxy) is 1. The molecule has 0 aliphatic heterocycles. The molecular formula is C3H5O3P. The molecule has 7 heavy (non-hydrogen) atoms. The highest BCUT2D eigenvalue weighted by molar-refractivity contribution is 7.45. The molecule has 0 saturated heterocycles. The standard InChI is InChI=1S/C3H5O3P/c1-2-6-3(4)7-5/h2H2,1H3. The van der Waals surface area contributed by atoms with Gasteiger partial charge in [0.2, 0.25) is 0 Å². The zero-order valence-corrected chi connectivity index (χ0v) is 4.77. The molecule has 0 atom stereocenters. The topological polar surface area (TPSA) is 43.4 Å². The molecule has 0 radical (unpaired) electrons. The third kappa shape index (κ3) is 3.40. The predicted molar refractivity (Wildman–Crippen MR) is 24.6 cm³/mol. The second-order valence-corrected chi connectivity index (χ2v) is 1.34. The molecule has 0 aromatic carbocycles. The van der Waals surface area contributed by atoms with Crippen molar-refractivity contribution in [3.63, 3.8) is 0 Å². The van der Waals surface area contributed by atoms with Crippen LogP contribution in [-0.4, -0.2) is 12.3 Å². The first-order valence-electron chi connectivity index (χ1n) is 1.81. The van der Waals surface area contributed by atoms with Crippen molar-refractivity contribution in [1.82, 2.24) is 0 Å². The minimum atomic E-state index is -0.706. The zero-order valence-electron chi connectivity index (χ0n) is 3.88. The molecule has 0 heterocycles. The molecule has 0 amide bonds. The largest absolute Gasteiger partial charge is 0.457 e. The monoisotopic (exact) mass is 120 g/mol. The summed E-state index contributed by atoms with van der Waals surface area (Å²) >= 11 is 0. The van der Waals surface area contributed by atoms with E-state index in [0.717, 1.165) is 0 Å². The fourth-order valence-corrected chi connectivity index (χ4v) is 0.332. The summed E-state index contributed by atoms with van der Waals surface area (Å²) in [6, 6.07) is 0. The lowest BCUT2D eigenvalue weighted by Gasteiger charge is -1.87. The molecule has 0 aromatic heterocycles. The van der Waals surface area contributed by atoms with Crippen LogP contribution in [0.3, 0.4) is 0 Å². The van der Waals surface area contributed by atoms with Gasteiger partial charge in [0.15, 0.2) is 0 Å². The van der Waals surface area contributed by atoms with Crippen molar-refractivity contribution in [2.24, 2.45) is 0 Å². The normalized spacial score (nSPS) is 8.71. The van der Waals surface area contributed by atoms with Gasteiger partial charge in [0.1, 0.15) is 0 Å². The molecular weight excluding hydrogens is 115 g/mol. The van der Waals surface area contributed by atoms with Crippen LogP contribution >= 0.6 is 8.46 Å². The Morgan fingerprint density at radius 1 is 1.86 bits per heavy atom. The Morgan fingerprint density at radius 3 is 2.57 bits per heavy atom. The second-order valence-electron chi connectivity index (χ2n) is 0.790. The molecule has 0 bridgehead atoms. The van der Waals surface area contributed by atoms with Gasteiger partial charge in [-0.2, -0.15) is 0 Å². The van der Waals surface area contributed by atoms with Gasteiger partial charge >= 0.3 is 5.71 Å². The number of rotatable bonds is 2. The lowest BCUT2D eigenvalue weighted by Crippen LogP contribution is -1.90. The van der Waals surface area contributed by atoms with Crippen LogP contribution in [0.25, 0.3) is 0 Å². The highest BCUT2D eigenvalue weighted by Gasteiger charge is 1.94. The molecule has 0 rings (SSSR count). The molecule has 0 unspecified atom stereocenters. The predicted octanol–water partition coefficient (Wildman–Crippen LogP) is 1.43. The Balaban J connectivity index is 3.17. The lowest BCUT2D eigenvalue weighted by molar-refractivity contribution is 0.180. The molecule has 0 fully saturated rings. The van der Waals surface area contributed by atoms with Gasteiger partial charge in [0.25, 0.3) is 8.46 Å². The van der Waals surface area contributed by atoms with Crippen LogP contribution in [0.2, 0.25) is 0 Å². The minimum absolute atomic E-state index is 0.286. The van der Waals surface area contributed by atoms with Crippen LogP contribution in [0.15, 0.2) is 0 Å². The fraction of sp³-hybridized carbons (Fsp3) is 0.667. The Kier molecular flexibility index (Phi) is 3.52. The molecule has 0 aliphatic carbocycles. The van der Waals surface area contributed by atoms with E-state index in [1.807, 2.05) is 0 Å². The van der Waals surface area contributed by atoms with Crippen molar-refractivity contribution in [2.75, 3.05) is 6.61 Å². The first kappa shape index (κ1) is 6.57. The van der Waals surface area contributed by atoms with Crippen LogP contribution in [0.5, 0.6) is 0 Å². The molecule has 0 saturated carbocycles. The molecule has 40 valence electrons. The van der Waals surface area contributed by atoms with Crippen LogP contribution in [0.1, 0.15) is 6.92 Å². The average molecular weight is 120 g/mol. The van der Waals surface area contributed by atoms with E-state index < -0.39 is 14.2 Å². The number of hydrogen-bond acceptors (Lipinski definition) is 3. The van der Waals surface area contributed by atoms with Gasteiger partial charge in [0, 0.05) is 0 Å². The first-order valence-corrected chi connectivity index (χ1v) is 2.62. The quantitative estimate of drug-likeness (QED) is 0.517. The van der Waals surface area contributed by atoms with E-state index in [-0.39, 0.29) is 6.61 Å². The summed E-state index contributed by atoms with van der Waals surface area (Å²) in [5.74, 6) is 0. The van der Waals surface area contributed by atoms with E-state index in [2.05, 4.69) is 4.74 Å². The van der Waals surface area contributed by atoms with E-state index in [4.69, 9.17) is 0 Å². The van der Waals surface area contributed by atoms with Gasteiger partial charge in [-0.15, -0.1) is 0 Å². The van der Waals surface area contributed by atoms with Crippen LogP contribution in [0, 0.1) is 0 Å². The SMILES string of the molecule is CCOC(=O)P=O. The summed E-state index contributed by atoms with van der Waals surface area (Å²) in [6.45, 7) is 1.94. The molecule has 0 spiro atoms. The summed E-state index contributed by atoms with van der Waals surface area (Å²) in [5, 5.41) is 0. The highest BCUT2D eigenvalue weighted by Crippen LogP contribution is 1.96. The molecule has 0 N–H and O–H groups in total. The number of hydrogen-bond donors (Lipinski definition) is 0. The van der Waals surface area contributed by atoms with Gasteiger partial charge in [0.05, 0.1) is 6.61 Å². The van der Waals surface area contributed by atoms with Gasteiger partial charge in [-0.3, -0.25) is 4.57 Å². The van der Waals surface area contributed by atoms with Crippen molar-refractivity contribution in [2.45, 2.75) is 6.92 Å². The lowest BCUT2D eigenvalue weighted by atomic mass is 10.9. The van der Waals surface area contributed by atoms with E-state index in [9.17, 15) is 9.36 Å². The number of carbonyl (C=O) groups excluding carboxylic acids is 1. The summed E-state index contributed by atoms with van der Waals surface area (Å²) in [6.07, 6.45) is 0. The van der Waals surface area contributed by atoms with Crippen molar-refractivity contribution < 1.29 is 14.1 Å². The Labute approximate surface area is 42.9 Å². The van der Waals surface area contributed by atoms with E-state index >= 15 is 0 Å². The third-order valence-corrected chi connectivity index (χ3v) is 0.621. The Bertz CT molecular complexity index is 80.2. The molecule has 4 heteroatoms. The fourth-order valence-electron chi connectivity index (χ4n) is 0.150.